The molecule has 0 amide bonds. The third-order valence-electron chi connectivity index (χ3n) is 0.724. The molecule has 9 heavy (non-hydrogen) atoms. The zero-order valence-electron chi connectivity index (χ0n) is 5.26. The highest BCUT2D eigenvalue weighted by atomic mass is 127. The molecule has 2 nitrogen and oxygen atoms in total. The monoisotopic (exact) mass is 236 g/mol. The largest absolute Gasteiger partial charge is 0.287 e. The fourth-order valence-electron chi connectivity index (χ4n) is 0.257. The highest BCUT2D eigenvalue weighted by molar-refractivity contribution is 14.1. The number of hydrogen-bond acceptors (Lipinski definition) is 1. The van der Waals surface area contributed by atoms with E-state index >= 15 is 0 Å². The Morgan fingerprint density at radius 2 is 2.44 bits per heavy atom. The lowest BCUT2D eigenvalue weighted by molar-refractivity contribution is 1.21. The molecule has 0 bridgehead atoms. The van der Waals surface area contributed by atoms with Gasteiger partial charge in [-0.25, -0.2) is 4.99 Å². The predicted octanol–water partition coefficient (Wildman–Crippen LogP) is 2.39. The molecule has 3 heteroatoms. The second-order valence-electron chi connectivity index (χ2n) is 1.40. The first-order valence-corrected chi connectivity index (χ1v) is 3.92. The molecule has 0 radical (unpaired) electrons. The summed E-state index contributed by atoms with van der Waals surface area (Å²) in [6.45, 7) is 1.91. The van der Waals surface area contributed by atoms with E-state index in [2.05, 4.69) is 27.6 Å². The second-order valence-corrected chi connectivity index (χ2v) is 2.12. The number of nitrogens with zero attached hydrogens (tertiary/aromatic N) is 1. The van der Waals surface area contributed by atoms with E-state index in [9.17, 15) is 0 Å². The van der Waals surface area contributed by atoms with Gasteiger partial charge < -0.3 is 0 Å². The minimum absolute atomic E-state index is 0.421. The number of allylic oxidation sites excluding steroid dienone is 1. The molecule has 0 aliphatic rings. The van der Waals surface area contributed by atoms with Gasteiger partial charge in [0.25, 0.3) is 0 Å². The van der Waals surface area contributed by atoms with Crippen LogP contribution < -0.4 is 0 Å². The van der Waals surface area contributed by atoms with Gasteiger partial charge in [0, 0.05) is 12.6 Å². The summed E-state index contributed by atoms with van der Waals surface area (Å²) < 4.78 is 1.85. The molecule has 0 aromatic carbocycles. The fraction of sp³-hybridized carbons (Fsp3) is 0.333. The Balaban J connectivity index is 3.57. The molecule has 0 spiro atoms. The lowest BCUT2D eigenvalue weighted by Gasteiger charge is -1.84. The Bertz CT molecular complexity index is 138. The lowest BCUT2D eigenvalue weighted by atomic mass is 10.4. The first-order valence-electron chi connectivity index (χ1n) is 2.68. The minimum atomic E-state index is 0.421. The van der Waals surface area contributed by atoms with Gasteiger partial charge in [0.15, 0.2) is 0 Å². The van der Waals surface area contributed by atoms with Gasteiger partial charge in [0.2, 0.25) is 0 Å². The molecule has 1 N–H and O–H groups in total. The summed E-state index contributed by atoms with van der Waals surface area (Å²) in [7, 11) is 0. The average molecular weight is 236 g/mol. The minimum Gasteiger partial charge on any atom is -0.287 e. The van der Waals surface area contributed by atoms with E-state index in [1.807, 2.05) is 11.0 Å². The van der Waals surface area contributed by atoms with Crippen LogP contribution >= 0.6 is 22.6 Å². The third kappa shape index (κ3) is 5.68. The Morgan fingerprint density at radius 1 is 1.78 bits per heavy atom. The molecule has 0 aromatic heterocycles. The summed E-state index contributed by atoms with van der Waals surface area (Å²) in [6, 6.07) is 0. The summed E-state index contributed by atoms with van der Waals surface area (Å²) in [6.07, 6.45) is 4.12. The van der Waals surface area contributed by atoms with E-state index in [0.29, 0.717) is 12.3 Å². The first kappa shape index (κ1) is 8.81. The van der Waals surface area contributed by atoms with Gasteiger partial charge >= 0.3 is 0 Å². The Kier molecular flexibility index (Phi) is 5.81. The van der Waals surface area contributed by atoms with Crippen molar-refractivity contribution < 1.29 is 0 Å². The molecule has 0 aliphatic heterocycles. The lowest BCUT2D eigenvalue weighted by Crippen LogP contribution is -1.85. The van der Waals surface area contributed by atoms with Crippen LogP contribution in [0.2, 0.25) is 0 Å². The molecule has 0 rings (SSSR count). The van der Waals surface area contributed by atoms with Gasteiger partial charge in [-0.1, -0.05) is 29.5 Å². The highest BCUT2D eigenvalue weighted by Gasteiger charge is 1.80. The highest BCUT2D eigenvalue weighted by Crippen LogP contribution is 1.83. The van der Waals surface area contributed by atoms with E-state index in [-0.39, 0.29) is 0 Å². The van der Waals surface area contributed by atoms with Gasteiger partial charge in [0.05, 0.1) is 0 Å². The van der Waals surface area contributed by atoms with Crippen LogP contribution in [0.25, 0.3) is 0 Å². The van der Waals surface area contributed by atoms with Crippen molar-refractivity contribution in [3.63, 3.8) is 0 Å². The van der Waals surface area contributed by atoms with Gasteiger partial charge in [-0.2, -0.15) is 0 Å². The van der Waals surface area contributed by atoms with Crippen molar-refractivity contribution in [2.45, 2.75) is 13.3 Å². The van der Waals surface area contributed by atoms with E-state index < -0.39 is 0 Å². The fourth-order valence-corrected chi connectivity index (χ4v) is 0.443. The van der Waals surface area contributed by atoms with Gasteiger partial charge in [-0.15, -0.1) is 0 Å². The van der Waals surface area contributed by atoms with Crippen molar-refractivity contribution in [3.05, 3.63) is 10.2 Å². The van der Waals surface area contributed by atoms with Crippen LogP contribution in [0.1, 0.15) is 13.3 Å². The normalized spacial score (nSPS) is 11.3. The molecule has 0 aliphatic carbocycles. The summed E-state index contributed by atoms with van der Waals surface area (Å²) in [5.41, 5.74) is 0. The van der Waals surface area contributed by atoms with Gasteiger partial charge in [-0.3, -0.25) is 5.41 Å². The van der Waals surface area contributed by atoms with Crippen LogP contribution in [0, 0.1) is 5.41 Å². The predicted molar refractivity (Wildman–Crippen MR) is 49.7 cm³/mol. The SMILES string of the molecule is CCC(=N)/N=C\C=C/I. The van der Waals surface area contributed by atoms with Crippen LogP contribution in [0.4, 0.5) is 0 Å². The van der Waals surface area contributed by atoms with Crippen molar-refractivity contribution in [3.8, 4) is 0 Å². The Hall–Kier alpha value is -0.190. The summed E-state index contributed by atoms with van der Waals surface area (Å²) in [5.74, 6) is 0.421. The maximum atomic E-state index is 7.08. The zero-order chi connectivity index (χ0) is 7.11. The van der Waals surface area contributed by atoms with Crippen LogP contribution in [0.3, 0.4) is 0 Å². The van der Waals surface area contributed by atoms with Crippen molar-refractivity contribution >= 4 is 34.6 Å². The number of hydrogen-bond donors (Lipinski definition) is 1. The van der Waals surface area contributed by atoms with Crippen LogP contribution in [-0.2, 0) is 0 Å². The van der Waals surface area contributed by atoms with E-state index in [1.165, 1.54) is 0 Å². The van der Waals surface area contributed by atoms with Crippen LogP contribution in [0.5, 0.6) is 0 Å². The van der Waals surface area contributed by atoms with Crippen molar-refractivity contribution in [2.75, 3.05) is 0 Å². The summed E-state index contributed by atoms with van der Waals surface area (Å²) in [5, 5.41) is 7.08. The molecule has 0 saturated carbocycles. The number of aliphatic imine (C=N–C) groups is 1. The molecule has 0 heterocycles. The molecule has 0 atom stereocenters. The summed E-state index contributed by atoms with van der Waals surface area (Å²) >= 11 is 2.10. The van der Waals surface area contributed by atoms with Crippen molar-refractivity contribution in [2.24, 2.45) is 4.99 Å². The Morgan fingerprint density at radius 3 is 2.89 bits per heavy atom. The quantitative estimate of drug-likeness (QED) is 0.434. The maximum absolute atomic E-state index is 7.08. The average Bonchev–Trinajstić information content (AvgIpc) is 1.89. The summed E-state index contributed by atoms with van der Waals surface area (Å²) in [4.78, 5) is 3.80. The van der Waals surface area contributed by atoms with E-state index in [4.69, 9.17) is 5.41 Å². The standard InChI is InChI=1S/C6H9IN2/c1-2-6(8)9-5-3-4-7/h3-5,8H,2H2,1H3/b4-3-,8-6?,9-5-. The smallest absolute Gasteiger partial charge is 0.120 e. The molecule has 0 fully saturated rings. The number of rotatable bonds is 2. The van der Waals surface area contributed by atoms with Gasteiger partial charge in [0.1, 0.15) is 5.84 Å². The Labute approximate surface area is 68.7 Å². The van der Waals surface area contributed by atoms with Crippen molar-refractivity contribution in [1.82, 2.24) is 0 Å². The van der Waals surface area contributed by atoms with E-state index in [1.54, 1.807) is 12.3 Å². The molecule has 0 unspecified atom stereocenters. The number of nitrogens with one attached hydrogen (secondary N) is 1. The molecular weight excluding hydrogens is 227 g/mol. The van der Waals surface area contributed by atoms with E-state index in [0.717, 1.165) is 0 Å². The molecule has 50 valence electrons. The number of amidine groups is 1. The molecular formula is C6H9IN2. The zero-order valence-corrected chi connectivity index (χ0v) is 7.42. The molecule has 0 aromatic rings. The van der Waals surface area contributed by atoms with Crippen molar-refractivity contribution in [1.29, 1.82) is 5.41 Å². The van der Waals surface area contributed by atoms with Crippen LogP contribution in [-0.4, -0.2) is 12.1 Å². The second kappa shape index (κ2) is 5.94. The van der Waals surface area contributed by atoms with Gasteiger partial charge in [-0.05, 0) is 10.2 Å². The topological polar surface area (TPSA) is 36.2 Å². The third-order valence-corrected chi connectivity index (χ3v) is 1.14. The van der Waals surface area contributed by atoms with Crippen LogP contribution in [0.15, 0.2) is 15.2 Å². The maximum Gasteiger partial charge on any atom is 0.120 e. The number of halogens is 1. The first-order chi connectivity index (χ1) is 4.31. The molecule has 0 saturated heterocycles.